The topological polar surface area (TPSA) is 60.4 Å². The molecule has 5 heteroatoms. The van der Waals surface area contributed by atoms with Crippen molar-refractivity contribution in [3.63, 3.8) is 0 Å². The van der Waals surface area contributed by atoms with Crippen molar-refractivity contribution in [2.75, 3.05) is 6.26 Å². The third-order valence-electron chi connectivity index (χ3n) is 1.62. The van der Waals surface area contributed by atoms with E-state index in [0.717, 1.165) is 6.26 Å². The SMILES string of the molecule is Cc1cc(OS(C)(=O)=O)ccc1C=O. The second kappa shape index (κ2) is 3.79. The van der Waals surface area contributed by atoms with Gasteiger partial charge >= 0.3 is 10.1 Å². The van der Waals surface area contributed by atoms with Crippen molar-refractivity contribution in [2.24, 2.45) is 0 Å². The summed E-state index contributed by atoms with van der Waals surface area (Å²) in [5, 5.41) is 0. The Bertz CT molecular complexity index is 448. The number of carbonyl (C=O) groups is 1. The van der Waals surface area contributed by atoms with E-state index in [0.29, 0.717) is 17.4 Å². The molecule has 4 nitrogen and oxygen atoms in total. The average Bonchev–Trinajstić information content (AvgIpc) is 2.01. The van der Waals surface area contributed by atoms with Crippen LogP contribution < -0.4 is 4.18 Å². The lowest BCUT2D eigenvalue weighted by Gasteiger charge is -2.04. The monoisotopic (exact) mass is 214 g/mol. The number of hydrogen-bond acceptors (Lipinski definition) is 4. The van der Waals surface area contributed by atoms with Gasteiger partial charge in [0.2, 0.25) is 0 Å². The third kappa shape index (κ3) is 2.85. The molecule has 1 aromatic rings. The standard InChI is InChI=1S/C9H10O4S/c1-7-5-9(13-14(2,11)12)4-3-8(7)6-10/h3-6H,1-2H3. The molecule has 0 atom stereocenters. The van der Waals surface area contributed by atoms with Gasteiger partial charge in [-0.2, -0.15) is 8.42 Å². The maximum absolute atomic E-state index is 10.8. The summed E-state index contributed by atoms with van der Waals surface area (Å²) in [5.41, 5.74) is 1.20. The van der Waals surface area contributed by atoms with Gasteiger partial charge in [0.05, 0.1) is 6.26 Å². The van der Waals surface area contributed by atoms with Crippen LogP contribution in [0.1, 0.15) is 15.9 Å². The minimum absolute atomic E-state index is 0.218. The van der Waals surface area contributed by atoms with Crippen molar-refractivity contribution in [3.8, 4) is 5.75 Å². The smallest absolute Gasteiger partial charge is 0.306 e. The van der Waals surface area contributed by atoms with Crippen molar-refractivity contribution >= 4 is 16.4 Å². The molecule has 0 amide bonds. The van der Waals surface area contributed by atoms with Gasteiger partial charge in [0, 0.05) is 5.56 Å². The molecule has 76 valence electrons. The maximum atomic E-state index is 10.8. The minimum Gasteiger partial charge on any atom is -0.383 e. The highest BCUT2D eigenvalue weighted by Gasteiger charge is 2.05. The predicted molar refractivity (Wildman–Crippen MR) is 52.0 cm³/mol. The van der Waals surface area contributed by atoms with Gasteiger partial charge in [0.15, 0.2) is 0 Å². The Morgan fingerprint density at radius 2 is 2.00 bits per heavy atom. The molecular formula is C9H10O4S. The molecule has 0 N–H and O–H groups in total. The van der Waals surface area contributed by atoms with E-state index in [-0.39, 0.29) is 5.75 Å². The molecular weight excluding hydrogens is 204 g/mol. The summed E-state index contributed by atoms with van der Waals surface area (Å²) < 4.78 is 26.2. The number of carbonyl (C=O) groups excluding carboxylic acids is 1. The first-order valence-corrected chi connectivity index (χ1v) is 5.69. The van der Waals surface area contributed by atoms with Crippen LogP contribution in [0.25, 0.3) is 0 Å². The zero-order valence-electron chi connectivity index (χ0n) is 7.85. The zero-order valence-corrected chi connectivity index (χ0v) is 8.67. The molecule has 0 aliphatic rings. The molecule has 0 saturated heterocycles. The van der Waals surface area contributed by atoms with E-state index in [1.807, 2.05) is 0 Å². The van der Waals surface area contributed by atoms with Gasteiger partial charge in [0.1, 0.15) is 12.0 Å². The first-order chi connectivity index (χ1) is 6.42. The average molecular weight is 214 g/mol. The summed E-state index contributed by atoms with van der Waals surface area (Å²) in [6, 6.07) is 4.46. The van der Waals surface area contributed by atoms with E-state index < -0.39 is 10.1 Å². The molecule has 0 heterocycles. The van der Waals surface area contributed by atoms with Gasteiger partial charge in [-0.25, -0.2) is 0 Å². The van der Waals surface area contributed by atoms with Crippen molar-refractivity contribution < 1.29 is 17.4 Å². The number of hydrogen-bond donors (Lipinski definition) is 0. The molecule has 1 rings (SSSR count). The quantitative estimate of drug-likeness (QED) is 0.559. The Morgan fingerprint density at radius 1 is 1.36 bits per heavy atom. The van der Waals surface area contributed by atoms with Crippen LogP contribution in [0.15, 0.2) is 18.2 Å². The molecule has 0 spiro atoms. The molecule has 0 unspecified atom stereocenters. The summed E-state index contributed by atoms with van der Waals surface area (Å²) >= 11 is 0. The lowest BCUT2D eigenvalue weighted by Crippen LogP contribution is -2.06. The third-order valence-corrected chi connectivity index (χ3v) is 2.11. The molecule has 1 aromatic carbocycles. The van der Waals surface area contributed by atoms with Crippen LogP contribution in [0.4, 0.5) is 0 Å². The number of aldehydes is 1. The Labute approximate surface area is 82.6 Å². The Hall–Kier alpha value is -1.36. The van der Waals surface area contributed by atoms with Crippen molar-refractivity contribution in [1.82, 2.24) is 0 Å². The maximum Gasteiger partial charge on any atom is 0.306 e. The van der Waals surface area contributed by atoms with Crippen LogP contribution in [0, 0.1) is 6.92 Å². The highest BCUT2D eigenvalue weighted by molar-refractivity contribution is 7.86. The predicted octanol–water partition coefficient (Wildman–Crippen LogP) is 1.15. The van der Waals surface area contributed by atoms with Crippen LogP contribution in [0.2, 0.25) is 0 Å². The van der Waals surface area contributed by atoms with Gasteiger partial charge in [-0.1, -0.05) is 0 Å². The molecule has 0 fully saturated rings. The fraction of sp³-hybridized carbons (Fsp3) is 0.222. The van der Waals surface area contributed by atoms with Gasteiger partial charge in [-0.05, 0) is 30.7 Å². The molecule has 0 aliphatic carbocycles. The van der Waals surface area contributed by atoms with Crippen LogP contribution in [0.5, 0.6) is 5.75 Å². The van der Waals surface area contributed by atoms with Crippen molar-refractivity contribution in [2.45, 2.75) is 6.92 Å². The summed E-state index contributed by atoms with van der Waals surface area (Å²) in [5.74, 6) is 0.218. The normalized spacial score (nSPS) is 11.0. The van der Waals surface area contributed by atoms with Gasteiger partial charge < -0.3 is 4.18 Å². The van der Waals surface area contributed by atoms with Crippen molar-refractivity contribution in [1.29, 1.82) is 0 Å². The zero-order chi connectivity index (χ0) is 10.8. The highest BCUT2D eigenvalue weighted by Crippen LogP contribution is 2.17. The summed E-state index contributed by atoms with van der Waals surface area (Å²) in [6.07, 6.45) is 1.68. The van der Waals surface area contributed by atoms with E-state index in [1.165, 1.54) is 18.2 Å². The van der Waals surface area contributed by atoms with Crippen molar-refractivity contribution in [3.05, 3.63) is 29.3 Å². The van der Waals surface area contributed by atoms with Crippen LogP contribution >= 0.6 is 0 Å². The second-order valence-electron chi connectivity index (χ2n) is 2.92. The van der Waals surface area contributed by atoms with Crippen LogP contribution in [-0.4, -0.2) is 21.0 Å². The molecule has 0 aliphatic heterocycles. The van der Waals surface area contributed by atoms with Crippen LogP contribution in [0.3, 0.4) is 0 Å². The summed E-state index contributed by atoms with van der Waals surface area (Å²) in [4.78, 5) is 10.5. The highest BCUT2D eigenvalue weighted by atomic mass is 32.2. The fourth-order valence-corrected chi connectivity index (χ4v) is 1.46. The van der Waals surface area contributed by atoms with Gasteiger partial charge in [-0.15, -0.1) is 0 Å². The van der Waals surface area contributed by atoms with Crippen LogP contribution in [-0.2, 0) is 10.1 Å². The van der Waals surface area contributed by atoms with E-state index in [9.17, 15) is 13.2 Å². The molecule has 0 radical (unpaired) electrons. The second-order valence-corrected chi connectivity index (χ2v) is 4.50. The summed E-state index contributed by atoms with van der Waals surface area (Å²) in [6.45, 7) is 1.71. The summed E-state index contributed by atoms with van der Waals surface area (Å²) in [7, 11) is -3.50. The Kier molecular flexibility index (Phi) is 2.90. The molecule has 0 aromatic heterocycles. The van der Waals surface area contributed by atoms with E-state index in [1.54, 1.807) is 6.92 Å². The van der Waals surface area contributed by atoms with Gasteiger partial charge in [0.25, 0.3) is 0 Å². The number of aryl methyl sites for hydroxylation is 1. The lowest BCUT2D eigenvalue weighted by molar-refractivity contribution is 0.112. The van der Waals surface area contributed by atoms with E-state index >= 15 is 0 Å². The Balaban J connectivity index is 3.04. The number of benzene rings is 1. The Morgan fingerprint density at radius 3 is 2.43 bits per heavy atom. The minimum atomic E-state index is -3.50. The molecule has 0 bridgehead atoms. The first-order valence-electron chi connectivity index (χ1n) is 3.87. The van der Waals surface area contributed by atoms with Gasteiger partial charge in [-0.3, -0.25) is 4.79 Å². The molecule has 14 heavy (non-hydrogen) atoms. The fourth-order valence-electron chi connectivity index (χ4n) is 1.01. The van der Waals surface area contributed by atoms with E-state index in [4.69, 9.17) is 0 Å². The molecule has 0 saturated carbocycles. The lowest BCUT2D eigenvalue weighted by atomic mass is 10.1. The van der Waals surface area contributed by atoms with E-state index in [2.05, 4.69) is 4.18 Å². The largest absolute Gasteiger partial charge is 0.383 e. The first kappa shape index (κ1) is 10.7. The number of rotatable bonds is 3.